The Labute approximate surface area is 258 Å². The van der Waals surface area contributed by atoms with Crippen LogP contribution in [0.25, 0.3) is 22.2 Å². The summed E-state index contributed by atoms with van der Waals surface area (Å²) in [5, 5.41) is 7.70. The highest BCUT2D eigenvalue weighted by Gasteiger charge is 2.37. The minimum absolute atomic E-state index is 0.175. The Bertz CT molecular complexity index is 1880. The minimum atomic E-state index is -3.42. The van der Waals surface area contributed by atoms with Crippen molar-refractivity contribution >= 4 is 61.4 Å². The fourth-order valence-corrected chi connectivity index (χ4v) is 8.10. The quantitative estimate of drug-likeness (QED) is 0.293. The summed E-state index contributed by atoms with van der Waals surface area (Å²) in [4.78, 5) is 25.8. The maximum Gasteiger partial charge on any atom is 0.260 e. The Hall–Kier alpha value is -3.22. The number of ether oxygens (including phenoxy) is 1. The van der Waals surface area contributed by atoms with Gasteiger partial charge in [0.05, 0.1) is 33.5 Å². The number of piperazine rings is 1. The highest BCUT2D eigenvalue weighted by molar-refractivity contribution is 7.92. The molecule has 7 rings (SSSR count). The molecule has 3 fully saturated rings. The molecule has 1 atom stereocenters. The Kier molecular flexibility index (Phi) is 7.55. The van der Waals surface area contributed by atoms with Crippen molar-refractivity contribution in [2.75, 3.05) is 49.6 Å². The molecule has 13 heteroatoms. The first kappa shape index (κ1) is 28.5. The monoisotopic (exact) mass is 640 g/mol. The zero-order chi connectivity index (χ0) is 29.7. The van der Waals surface area contributed by atoms with E-state index < -0.39 is 9.84 Å². The van der Waals surface area contributed by atoms with Gasteiger partial charge in [-0.25, -0.2) is 13.4 Å². The van der Waals surface area contributed by atoms with Crippen molar-refractivity contribution in [1.82, 2.24) is 19.9 Å². The van der Waals surface area contributed by atoms with Crippen LogP contribution in [0.5, 0.6) is 0 Å². The van der Waals surface area contributed by atoms with Gasteiger partial charge in [-0.3, -0.25) is 9.36 Å². The number of halogens is 2. The number of nitrogens with zero attached hydrogens (tertiary/aromatic N) is 4. The molecule has 2 saturated heterocycles. The van der Waals surface area contributed by atoms with Crippen LogP contribution in [0, 0.1) is 0 Å². The maximum atomic E-state index is 14.0. The molecule has 4 heterocycles. The number of aromatic nitrogens is 3. The number of rotatable bonds is 7. The Morgan fingerprint density at radius 3 is 2.49 bits per heavy atom. The summed E-state index contributed by atoms with van der Waals surface area (Å²) < 4.78 is 32.8. The van der Waals surface area contributed by atoms with E-state index in [0.29, 0.717) is 65.6 Å². The molecule has 4 aromatic rings. The van der Waals surface area contributed by atoms with Crippen molar-refractivity contribution in [3.63, 3.8) is 0 Å². The van der Waals surface area contributed by atoms with Gasteiger partial charge in [0, 0.05) is 66.2 Å². The number of nitrogens with one attached hydrogen (secondary N) is 2. The van der Waals surface area contributed by atoms with Gasteiger partial charge < -0.3 is 20.3 Å². The van der Waals surface area contributed by atoms with Crippen LogP contribution in [0.15, 0.2) is 58.4 Å². The molecule has 10 nitrogen and oxygen atoms in total. The SMILES string of the molecule is O=c1c(-c2ccc(S(=O)(=O)C3CC3)cc2Cl)cc2cnc(Nc3ccc(N4CCNCC4)c(Cl)c3)nc2n1C1CCOC1. The molecule has 2 aromatic heterocycles. The summed E-state index contributed by atoms with van der Waals surface area (Å²) in [5.41, 5.74) is 2.69. The Morgan fingerprint density at radius 2 is 1.79 bits per heavy atom. The summed E-state index contributed by atoms with van der Waals surface area (Å²) in [5.74, 6) is 0.325. The summed E-state index contributed by atoms with van der Waals surface area (Å²) in [6, 6.07) is 11.8. The third-order valence-corrected chi connectivity index (χ3v) is 11.1. The van der Waals surface area contributed by atoms with E-state index in [9.17, 15) is 13.2 Å². The number of fused-ring (bicyclic) bond motifs is 1. The second kappa shape index (κ2) is 11.4. The number of hydrogen-bond acceptors (Lipinski definition) is 9. The van der Waals surface area contributed by atoms with E-state index in [0.717, 1.165) is 37.6 Å². The highest BCUT2D eigenvalue weighted by atomic mass is 35.5. The normalized spacial score (nSPS) is 19.2. The fraction of sp³-hybridized carbons (Fsp3) is 0.367. The van der Waals surface area contributed by atoms with Gasteiger partial charge in [0.1, 0.15) is 5.65 Å². The van der Waals surface area contributed by atoms with E-state index in [1.807, 2.05) is 18.2 Å². The number of benzene rings is 2. The van der Waals surface area contributed by atoms with E-state index >= 15 is 0 Å². The molecule has 0 radical (unpaired) electrons. The van der Waals surface area contributed by atoms with Gasteiger partial charge in [0.15, 0.2) is 9.84 Å². The predicted molar refractivity (Wildman–Crippen MR) is 169 cm³/mol. The predicted octanol–water partition coefficient (Wildman–Crippen LogP) is 4.82. The minimum Gasteiger partial charge on any atom is -0.379 e. The van der Waals surface area contributed by atoms with Gasteiger partial charge in [0.25, 0.3) is 5.56 Å². The first-order valence-corrected chi connectivity index (χ1v) is 16.7. The molecule has 3 aliphatic rings. The molecule has 2 aromatic carbocycles. The molecule has 0 spiro atoms. The lowest BCUT2D eigenvalue weighted by molar-refractivity contribution is 0.186. The van der Waals surface area contributed by atoms with Gasteiger partial charge in [-0.2, -0.15) is 4.98 Å². The number of anilines is 3. The molecule has 0 amide bonds. The third kappa shape index (κ3) is 5.49. The van der Waals surface area contributed by atoms with Crippen molar-refractivity contribution < 1.29 is 13.2 Å². The second-order valence-corrected chi connectivity index (χ2v) is 14.2. The van der Waals surface area contributed by atoms with Gasteiger partial charge >= 0.3 is 0 Å². The van der Waals surface area contributed by atoms with E-state index in [1.165, 1.54) is 12.1 Å². The van der Waals surface area contributed by atoms with Crippen LogP contribution in [0.4, 0.5) is 17.3 Å². The largest absolute Gasteiger partial charge is 0.379 e. The molecule has 1 unspecified atom stereocenters. The van der Waals surface area contributed by atoms with Crippen LogP contribution in [0.1, 0.15) is 25.3 Å². The molecule has 2 aliphatic heterocycles. The summed E-state index contributed by atoms with van der Waals surface area (Å²) >= 11 is 13.3. The van der Waals surface area contributed by atoms with E-state index in [1.54, 1.807) is 22.9 Å². The van der Waals surface area contributed by atoms with Crippen LogP contribution < -0.4 is 21.1 Å². The lowest BCUT2D eigenvalue weighted by Gasteiger charge is -2.30. The van der Waals surface area contributed by atoms with Gasteiger partial charge in [0.2, 0.25) is 5.95 Å². The van der Waals surface area contributed by atoms with Crippen LogP contribution >= 0.6 is 23.2 Å². The van der Waals surface area contributed by atoms with Crippen LogP contribution in [0.3, 0.4) is 0 Å². The van der Waals surface area contributed by atoms with Gasteiger partial charge in [-0.15, -0.1) is 0 Å². The maximum absolute atomic E-state index is 14.0. The lowest BCUT2D eigenvalue weighted by atomic mass is 10.1. The summed E-state index contributed by atoms with van der Waals surface area (Å²) in [6.45, 7) is 4.51. The third-order valence-electron chi connectivity index (χ3n) is 8.23. The average molecular weight is 642 g/mol. The standard InChI is InChI=1S/C30H30Cl2N6O4S/c31-25-15-22(43(40,41)21-2-3-21)4-5-23(25)24-13-18-16-34-30(36-28(18)38(29(24)39)20-7-12-42-17-20)35-19-1-6-27(26(32)14-19)37-10-8-33-9-11-37/h1,4-6,13-16,20-21,33H,2-3,7-12,17H2,(H,34,35,36). The molecule has 43 heavy (non-hydrogen) atoms. The smallest absolute Gasteiger partial charge is 0.260 e. The van der Waals surface area contributed by atoms with E-state index in [2.05, 4.69) is 20.5 Å². The molecule has 0 bridgehead atoms. The summed E-state index contributed by atoms with van der Waals surface area (Å²) in [7, 11) is -3.42. The number of sulfone groups is 1. The van der Waals surface area contributed by atoms with Crippen molar-refractivity contribution in [2.24, 2.45) is 0 Å². The van der Waals surface area contributed by atoms with Crippen molar-refractivity contribution in [1.29, 1.82) is 0 Å². The fourth-order valence-electron chi connectivity index (χ4n) is 5.78. The van der Waals surface area contributed by atoms with Gasteiger partial charge in [-0.05, 0) is 55.7 Å². The first-order valence-electron chi connectivity index (χ1n) is 14.4. The van der Waals surface area contributed by atoms with Crippen LogP contribution in [0.2, 0.25) is 10.0 Å². The zero-order valence-corrected chi connectivity index (χ0v) is 25.6. The molecule has 224 valence electrons. The molecule has 2 N–H and O–H groups in total. The zero-order valence-electron chi connectivity index (χ0n) is 23.2. The molecule has 1 aliphatic carbocycles. The van der Waals surface area contributed by atoms with Crippen molar-refractivity contribution in [3.05, 3.63) is 69.1 Å². The molecule has 1 saturated carbocycles. The van der Waals surface area contributed by atoms with Crippen LogP contribution in [-0.4, -0.2) is 67.6 Å². The molecular weight excluding hydrogens is 611 g/mol. The van der Waals surface area contributed by atoms with Gasteiger partial charge in [-0.1, -0.05) is 29.3 Å². The topological polar surface area (TPSA) is 118 Å². The first-order chi connectivity index (χ1) is 20.8. The van der Waals surface area contributed by atoms with Crippen molar-refractivity contribution in [2.45, 2.75) is 35.4 Å². The van der Waals surface area contributed by atoms with Crippen LogP contribution in [-0.2, 0) is 14.6 Å². The lowest BCUT2D eigenvalue weighted by Crippen LogP contribution is -2.43. The number of pyridine rings is 1. The summed E-state index contributed by atoms with van der Waals surface area (Å²) in [6.07, 6.45) is 3.63. The molecular formula is C30H30Cl2N6O4S. The van der Waals surface area contributed by atoms with E-state index in [-0.39, 0.29) is 26.8 Å². The second-order valence-electron chi connectivity index (χ2n) is 11.1. The Morgan fingerprint density at radius 1 is 0.977 bits per heavy atom. The van der Waals surface area contributed by atoms with E-state index in [4.69, 9.17) is 32.9 Å². The highest BCUT2D eigenvalue weighted by Crippen LogP contribution is 2.37. The van der Waals surface area contributed by atoms with Crippen molar-refractivity contribution in [3.8, 4) is 11.1 Å². The Balaban J connectivity index is 1.26. The number of hydrogen-bond donors (Lipinski definition) is 2. The average Bonchev–Trinajstić information content (AvgIpc) is 3.74.